The average molecular weight is 274 g/mol. The molecular weight excluding hydrogens is 256 g/mol. The number of nitrogens with zero attached hydrogens (tertiary/aromatic N) is 2. The molecule has 2 fully saturated rings. The fraction of sp³-hybridized carbons (Fsp3) is 0.467. The molecule has 2 aliphatic heterocycles. The van der Waals surface area contributed by atoms with Gasteiger partial charge in [0.2, 0.25) is 11.8 Å². The number of hydrogen-bond donors (Lipinski definition) is 0. The minimum absolute atomic E-state index is 0.0986. The molecule has 2 amide bonds. The summed E-state index contributed by atoms with van der Waals surface area (Å²) < 4.78 is 5.33. The molecule has 0 aliphatic carbocycles. The maximum Gasteiger partial charge on any atom is 0.234 e. The normalized spacial score (nSPS) is 20.7. The van der Waals surface area contributed by atoms with E-state index in [0.29, 0.717) is 18.5 Å². The summed E-state index contributed by atoms with van der Waals surface area (Å²) in [6.07, 6.45) is 0.652. The van der Waals surface area contributed by atoms with Gasteiger partial charge in [0.05, 0.1) is 18.9 Å². The minimum atomic E-state index is -0.0986. The van der Waals surface area contributed by atoms with Crippen LogP contribution in [0.15, 0.2) is 24.3 Å². The molecule has 0 radical (unpaired) electrons. The van der Waals surface area contributed by atoms with E-state index < -0.39 is 0 Å². The van der Waals surface area contributed by atoms with Crippen LogP contribution in [0.2, 0.25) is 0 Å². The first-order valence-corrected chi connectivity index (χ1v) is 6.99. The van der Waals surface area contributed by atoms with E-state index in [-0.39, 0.29) is 11.8 Å². The number of imide groups is 1. The molecule has 0 saturated carbocycles. The van der Waals surface area contributed by atoms with Gasteiger partial charge in [0.15, 0.2) is 0 Å². The lowest BCUT2D eigenvalue weighted by atomic mass is 10.1. The Bertz CT molecular complexity index is 508. The smallest absolute Gasteiger partial charge is 0.234 e. The van der Waals surface area contributed by atoms with Gasteiger partial charge in [0, 0.05) is 32.5 Å². The topological polar surface area (TPSA) is 49.9 Å². The summed E-state index contributed by atoms with van der Waals surface area (Å²) in [5, 5.41) is 0. The van der Waals surface area contributed by atoms with Crippen LogP contribution >= 0.6 is 0 Å². The molecule has 0 aromatic heterocycles. The number of rotatable bonds is 3. The molecule has 5 heteroatoms. The zero-order valence-electron chi connectivity index (χ0n) is 11.4. The molecule has 0 N–H and O–H groups in total. The summed E-state index contributed by atoms with van der Waals surface area (Å²) in [7, 11) is 0. The van der Waals surface area contributed by atoms with E-state index in [0.717, 1.165) is 38.4 Å². The summed E-state index contributed by atoms with van der Waals surface area (Å²) >= 11 is 0. The molecule has 3 rings (SSSR count). The van der Waals surface area contributed by atoms with Gasteiger partial charge in [-0.25, -0.2) is 0 Å². The van der Waals surface area contributed by atoms with Crippen molar-refractivity contribution in [3.8, 4) is 0 Å². The van der Waals surface area contributed by atoms with Crippen LogP contribution in [-0.2, 0) is 20.9 Å². The zero-order valence-corrected chi connectivity index (χ0v) is 11.4. The monoisotopic (exact) mass is 274 g/mol. The summed E-state index contributed by atoms with van der Waals surface area (Å²) in [5.41, 5.74) is 1.82. The number of anilines is 1. The van der Waals surface area contributed by atoms with Crippen molar-refractivity contribution in [2.75, 3.05) is 31.2 Å². The summed E-state index contributed by atoms with van der Waals surface area (Å²) in [5.74, 6) is -0.197. The Morgan fingerprint density at radius 1 is 1.05 bits per heavy atom. The van der Waals surface area contributed by atoms with Gasteiger partial charge in [-0.15, -0.1) is 0 Å². The Morgan fingerprint density at radius 3 is 2.45 bits per heavy atom. The summed E-state index contributed by atoms with van der Waals surface area (Å²) in [4.78, 5) is 27.2. The third kappa shape index (κ3) is 2.73. The van der Waals surface area contributed by atoms with E-state index in [1.807, 2.05) is 24.3 Å². The molecule has 2 saturated heterocycles. The van der Waals surface area contributed by atoms with Gasteiger partial charge in [-0.1, -0.05) is 12.1 Å². The Labute approximate surface area is 118 Å². The number of amides is 2. The molecule has 106 valence electrons. The maximum absolute atomic E-state index is 11.8. The minimum Gasteiger partial charge on any atom is -0.379 e. The summed E-state index contributed by atoms with van der Waals surface area (Å²) in [6.45, 7) is 4.20. The van der Waals surface area contributed by atoms with Gasteiger partial charge >= 0.3 is 0 Å². The number of carbonyl (C=O) groups excluding carboxylic acids is 2. The van der Waals surface area contributed by atoms with Gasteiger partial charge in [0.1, 0.15) is 0 Å². The molecule has 0 atom stereocenters. The SMILES string of the molecule is O=C1CCC(=O)N1c1cccc(CN2CCOCC2)c1. The predicted octanol–water partition coefficient (Wildman–Crippen LogP) is 1.17. The third-order valence-electron chi connectivity index (χ3n) is 3.73. The van der Waals surface area contributed by atoms with E-state index in [1.54, 1.807) is 0 Å². The maximum atomic E-state index is 11.8. The third-order valence-corrected chi connectivity index (χ3v) is 3.73. The molecule has 1 aromatic carbocycles. The van der Waals surface area contributed by atoms with Crippen LogP contribution in [0.25, 0.3) is 0 Å². The Hall–Kier alpha value is -1.72. The number of carbonyl (C=O) groups is 2. The fourth-order valence-corrected chi connectivity index (χ4v) is 2.68. The van der Waals surface area contributed by atoms with Crippen molar-refractivity contribution in [3.05, 3.63) is 29.8 Å². The number of ether oxygens (including phenoxy) is 1. The van der Waals surface area contributed by atoms with Crippen LogP contribution in [-0.4, -0.2) is 43.0 Å². The highest BCUT2D eigenvalue weighted by atomic mass is 16.5. The van der Waals surface area contributed by atoms with E-state index in [4.69, 9.17) is 4.74 Å². The first-order valence-electron chi connectivity index (χ1n) is 6.99. The highest BCUT2D eigenvalue weighted by Crippen LogP contribution is 2.23. The van der Waals surface area contributed by atoms with E-state index in [9.17, 15) is 9.59 Å². The lowest BCUT2D eigenvalue weighted by Crippen LogP contribution is -2.35. The van der Waals surface area contributed by atoms with Crippen molar-refractivity contribution in [1.29, 1.82) is 0 Å². The van der Waals surface area contributed by atoms with Crippen LogP contribution in [0.3, 0.4) is 0 Å². The van der Waals surface area contributed by atoms with Gasteiger partial charge < -0.3 is 4.74 Å². The Balaban J connectivity index is 1.75. The second-order valence-corrected chi connectivity index (χ2v) is 5.18. The van der Waals surface area contributed by atoms with E-state index in [1.165, 1.54) is 4.90 Å². The van der Waals surface area contributed by atoms with Crippen molar-refractivity contribution >= 4 is 17.5 Å². The molecule has 0 bridgehead atoms. The average Bonchev–Trinajstić information content (AvgIpc) is 2.80. The molecule has 20 heavy (non-hydrogen) atoms. The van der Waals surface area contributed by atoms with Gasteiger partial charge in [0.25, 0.3) is 0 Å². The largest absolute Gasteiger partial charge is 0.379 e. The van der Waals surface area contributed by atoms with Crippen molar-refractivity contribution < 1.29 is 14.3 Å². The van der Waals surface area contributed by atoms with Crippen LogP contribution in [0.4, 0.5) is 5.69 Å². The van der Waals surface area contributed by atoms with Crippen molar-refractivity contribution in [2.45, 2.75) is 19.4 Å². The highest BCUT2D eigenvalue weighted by Gasteiger charge is 2.30. The molecule has 0 unspecified atom stereocenters. The van der Waals surface area contributed by atoms with Crippen molar-refractivity contribution in [2.24, 2.45) is 0 Å². The fourth-order valence-electron chi connectivity index (χ4n) is 2.68. The molecular formula is C15H18N2O3. The molecule has 2 heterocycles. The second-order valence-electron chi connectivity index (χ2n) is 5.18. The van der Waals surface area contributed by atoms with Crippen LogP contribution in [0.1, 0.15) is 18.4 Å². The Morgan fingerprint density at radius 2 is 1.75 bits per heavy atom. The van der Waals surface area contributed by atoms with E-state index in [2.05, 4.69) is 4.90 Å². The number of morpholine rings is 1. The lowest BCUT2D eigenvalue weighted by molar-refractivity contribution is -0.121. The molecule has 0 spiro atoms. The zero-order chi connectivity index (χ0) is 13.9. The second kappa shape index (κ2) is 5.73. The molecule has 1 aromatic rings. The van der Waals surface area contributed by atoms with Crippen LogP contribution in [0.5, 0.6) is 0 Å². The van der Waals surface area contributed by atoms with E-state index >= 15 is 0 Å². The molecule has 2 aliphatic rings. The van der Waals surface area contributed by atoms with Crippen molar-refractivity contribution in [3.63, 3.8) is 0 Å². The first-order chi connectivity index (χ1) is 9.74. The van der Waals surface area contributed by atoms with Crippen LogP contribution < -0.4 is 4.90 Å². The van der Waals surface area contributed by atoms with Gasteiger partial charge in [-0.3, -0.25) is 19.4 Å². The van der Waals surface area contributed by atoms with Crippen molar-refractivity contribution in [1.82, 2.24) is 4.90 Å². The Kier molecular flexibility index (Phi) is 3.80. The first kappa shape index (κ1) is 13.3. The number of hydrogen-bond acceptors (Lipinski definition) is 4. The predicted molar refractivity (Wildman–Crippen MR) is 74.3 cm³/mol. The quantitative estimate of drug-likeness (QED) is 0.776. The molecule has 5 nitrogen and oxygen atoms in total. The van der Waals surface area contributed by atoms with Gasteiger partial charge in [-0.05, 0) is 17.7 Å². The standard InChI is InChI=1S/C15H18N2O3/c18-14-4-5-15(19)17(14)13-3-1-2-12(10-13)11-16-6-8-20-9-7-16/h1-3,10H,4-9,11H2. The lowest BCUT2D eigenvalue weighted by Gasteiger charge is -2.27. The highest BCUT2D eigenvalue weighted by molar-refractivity contribution is 6.19. The number of benzene rings is 1. The van der Waals surface area contributed by atoms with Crippen LogP contribution in [0, 0.1) is 0 Å². The van der Waals surface area contributed by atoms with Gasteiger partial charge in [-0.2, -0.15) is 0 Å². The summed E-state index contributed by atoms with van der Waals surface area (Å²) in [6, 6.07) is 7.70.